The van der Waals surface area contributed by atoms with E-state index in [0.717, 1.165) is 20.1 Å². The first kappa shape index (κ1) is 13.0. The molecule has 1 aromatic heterocycles. The molecule has 17 heavy (non-hydrogen) atoms. The number of methoxy groups -OCH3 is 1. The quantitative estimate of drug-likeness (QED) is 0.609. The normalized spacial score (nSPS) is 11.1. The number of aromatic nitrogens is 1. The fourth-order valence-corrected chi connectivity index (χ4v) is 1.10. The van der Waals surface area contributed by atoms with E-state index >= 15 is 0 Å². The minimum atomic E-state index is -4.92. The lowest BCUT2D eigenvalue weighted by molar-refractivity contribution is -0.389. The molecule has 1 heterocycles. The summed E-state index contributed by atoms with van der Waals surface area (Å²) in [4.78, 5) is 13.0. The lowest BCUT2D eigenvalue weighted by Gasteiger charge is -2.12. The van der Waals surface area contributed by atoms with Crippen molar-refractivity contribution < 1.29 is 27.6 Å². The molecule has 1 aromatic rings. The predicted octanol–water partition coefficient (Wildman–Crippen LogP) is 2.21. The molecule has 0 saturated carbocycles. The molecule has 0 unspecified atom stereocenters. The van der Waals surface area contributed by atoms with Crippen LogP contribution in [0.25, 0.3) is 0 Å². The van der Waals surface area contributed by atoms with E-state index in [1.165, 1.54) is 0 Å². The Morgan fingerprint density at radius 3 is 2.47 bits per heavy atom. The Morgan fingerprint density at radius 1 is 1.47 bits per heavy atom. The highest BCUT2D eigenvalue weighted by Crippen LogP contribution is 2.36. The van der Waals surface area contributed by atoms with Crippen molar-refractivity contribution in [2.75, 3.05) is 7.11 Å². The van der Waals surface area contributed by atoms with Gasteiger partial charge in [-0.15, -0.1) is 13.2 Å². The standard InChI is InChI=1S/C8H7F3N2O4/c1-4-7(17-8(9,10)11)5(16-2)3-6(12-4)13(14)15/h3H,1-2H3. The van der Waals surface area contributed by atoms with Crippen molar-refractivity contribution in [2.24, 2.45) is 0 Å². The summed E-state index contributed by atoms with van der Waals surface area (Å²) in [7, 11) is 1.07. The van der Waals surface area contributed by atoms with E-state index < -0.39 is 28.6 Å². The summed E-state index contributed by atoms with van der Waals surface area (Å²) in [6.07, 6.45) is -4.92. The minimum absolute atomic E-state index is 0.284. The van der Waals surface area contributed by atoms with Crippen molar-refractivity contribution in [3.63, 3.8) is 0 Å². The zero-order valence-electron chi connectivity index (χ0n) is 8.74. The van der Waals surface area contributed by atoms with Crippen molar-refractivity contribution in [3.05, 3.63) is 21.9 Å². The Balaban J connectivity index is 3.26. The zero-order valence-corrected chi connectivity index (χ0v) is 8.74. The van der Waals surface area contributed by atoms with Crippen LogP contribution >= 0.6 is 0 Å². The predicted molar refractivity (Wildman–Crippen MR) is 48.9 cm³/mol. The van der Waals surface area contributed by atoms with Crippen LogP contribution in [0, 0.1) is 17.0 Å². The number of hydrogen-bond acceptors (Lipinski definition) is 5. The molecule has 0 aliphatic carbocycles. The second-order valence-electron chi connectivity index (χ2n) is 2.90. The molecular formula is C8H7F3N2O4. The molecule has 0 aromatic carbocycles. The number of nitro groups is 1. The second kappa shape index (κ2) is 4.44. The molecule has 94 valence electrons. The van der Waals surface area contributed by atoms with Crippen molar-refractivity contribution in [1.82, 2.24) is 4.98 Å². The first-order chi connectivity index (χ1) is 7.74. The Kier molecular flexibility index (Phi) is 3.39. The first-order valence-corrected chi connectivity index (χ1v) is 4.20. The van der Waals surface area contributed by atoms with Crippen molar-refractivity contribution in [2.45, 2.75) is 13.3 Å². The third-order valence-corrected chi connectivity index (χ3v) is 1.72. The maximum atomic E-state index is 12.1. The minimum Gasteiger partial charge on any atom is -0.492 e. The zero-order chi connectivity index (χ0) is 13.2. The molecule has 0 radical (unpaired) electrons. The summed E-state index contributed by atoms with van der Waals surface area (Å²) in [5.74, 6) is -1.71. The number of ether oxygens (including phenoxy) is 2. The molecule has 0 aliphatic rings. The topological polar surface area (TPSA) is 74.5 Å². The monoisotopic (exact) mass is 252 g/mol. The number of nitrogens with zero attached hydrogens (tertiary/aromatic N) is 2. The molecule has 6 nitrogen and oxygen atoms in total. The van der Waals surface area contributed by atoms with Gasteiger partial charge >= 0.3 is 12.2 Å². The molecular weight excluding hydrogens is 245 g/mol. The van der Waals surface area contributed by atoms with Crippen LogP contribution in [0.1, 0.15) is 5.69 Å². The van der Waals surface area contributed by atoms with E-state index in [0.29, 0.717) is 0 Å². The summed E-state index contributed by atoms with van der Waals surface area (Å²) in [5.41, 5.74) is -0.284. The van der Waals surface area contributed by atoms with Crippen LogP contribution in [0.5, 0.6) is 11.5 Å². The van der Waals surface area contributed by atoms with Crippen LogP contribution in [-0.4, -0.2) is 23.4 Å². The fraction of sp³-hybridized carbons (Fsp3) is 0.375. The molecule has 9 heteroatoms. The van der Waals surface area contributed by atoms with Crippen molar-refractivity contribution in [1.29, 1.82) is 0 Å². The highest BCUT2D eigenvalue weighted by Gasteiger charge is 2.35. The van der Waals surface area contributed by atoms with Crippen molar-refractivity contribution in [3.8, 4) is 11.5 Å². The molecule has 0 aliphatic heterocycles. The maximum absolute atomic E-state index is 12.1. The Labute approximate surface area is 93.1 Å². The van der Waals surface area contributed by atoms with Gasteiger partial charge in [0, 0.05) is 6.92 Å². The van der Waals surface area contributed by atoms with Gasteiger partial charge in [0.2, 0.25) is 5.75 Å². The summed E-state index contributed by atoms with van der Waals surface area (Å²) in [5, 5.41) is 10.4. The van der Waals surface area contributed by atoms with Crippen LogP contribution in [-0.2, 0) is 0 Å². The number of alkyl halides is 3. The second-order valence-corrected chi connectivity index (χ2v) is 2.90. The average molecular weight is 252 g/mol. The van der Waals surface area contributed by atoms with Gasteiger partial charge in [-0.1, -0.05) is 0 Å². The summed E-state index contributed by atoms with van der Waals surface area (Å²) < 4.78 is 44.4. The van der Waals surface area contributed by atoms with Crippen LogP contribution in [0.3, 0.4) is 0 Å². The SMILES string of the molecule is COc1cc([N+](=O)[O-])nc(C)c1OC(F)(F)F. The lowest BCUT2D eigenvalue weighted by Crippen LogP contribution is -2.18. The Bertz CT molecular complexity index is 447. The van der Waals surface area contributed by atoms with Gasteiger partial charge in [0.05, 0.1) is 13.2 Å². The van der Waals surface area contributed by atoms with Gasteiger partial charge in [0.15, 0.2) is 11.4 Å². The summed E-state index contributed by atoms with van der Waals surface area (Å²) >= 11 is 0. The summed E-state index contributed by atoms with van der Waals surface area (Å²) in [6.45, 7) is 1.15. The van der Waals surface area contributed by atoms with Crippen LogP contribution in [0.2, 0.25) is 0 Å². The Morgan fingerprint density at radius 2 is 2.06 bits per heavy atom. The molecule has 0 bridgehead atoms. The molecule has 0 spiro atoms. The lowest BCUT2D eigenvalue weighted by atomic mass is 10.3. The fourth-order valence-electron chi connectivity index (χ4n) is 1.10. The van der Waals surface area contributed by atoms with Crippen LogP contribution in [0.15, 0.2) is 6.07 Å². The van der Waals surface area contributed by atoms with E-state index in [-0.39, 0.29) is 5.69 Å². The smallest absolute Gasteiger partial charge is 0.492 e. The number of pyridine rings is 1. The molecule has 1 rings (SSSR count). The van der Waals surface area contributed by atoms with Gasteiger partial charge < -0.3 is 19.6 Å². The van der Waals surface area contributed by atoms with Gasteiger partial charge in [-0.25, -0.2) is 0 Å². The van der Waals surface area contributed by atoms with E-state index in [2.05, 4.69) is 14.5 Å². The molecule has 0 saturated heterocycles. The van der Waals surface area contributed by atoms with Gasteiger partial charge in [0.1, 0.15) is 0 Å². The van der Waals surface area contributed by atoms with E-state index in [4.69, 9.17) is 0 Å². The summed E-state index contributed by atoms with van der Waals surface area (Å²) in [6, 6.07) is 0.758. The van der Waals surface area contributed by atoms with Gasteiger partial charge in [-0.3, -0.25) is 0 Å². The van der Waals surface area contributed by atoms with Crippen LogP contribution in [0.4, 0.5) is 19.0 Å². The van der Waals surface area contributed by atoms with Crippen molar-refractivity contribution >= 4 is 5.82 Å². The number of aryl methyl sites for hydroxylation is 1. The molecule has 0 fully saturated rings. The Hall–Kier alpha value is -2.06. The number of rotatable bonds is 3. The maximum Gasteiger partial charge on any atom is 0.573 e. The molecule has 0 N–H and O–H groups in total. The molecule has 0 atom stereocenters. The highest BCUT2D eigenvalue weighted by atomic mass is 19.4. The third kappa shape index (κ3) is 3.20. The van der Waals surface area contributed by atoms with Gasteiger partial charge in [-0.2, -0.15) is 0 Å². The highest BCUT2D eigenvalue weighted by molar-refractivity contribution is 5.47. The average Bonchev–Trinajstić information content (AvgIpc) is 2.18. The van der Waals surface area contributed by atoms with E-state index in [9.17, 15) is 23.3 Å². The van der Waals surface area contributed by atoms with Gasteiger partial charge in [-0.05, 0) is 9.91 Å². The van der Waals surface area contributed by atoms with Gasteiger partial charge in [0.25, 0.3) is 0 Å². The number of halogens is 3. The molecule has 0 amide bonds. The van der Waals surface area contributed by atoms with E-state index in [1.54, 1.807) is 0 Å². The third-order valence-electron chi connectivity index (χ3n) is 1.72. The largest absolute Gasteiger partial charge is 0.573 e. The number of hydrogen-bond donors (Lipinski definition) is 0. The van der Waals surface area contributed by atoms with E-state index in [1.807, 2.05) is 0 Å². The van der Waals surface area contributed by atoms with Crippen LogP contribution < -0.4 is 9.47 Å². The first-order valence-electron chi connectivity index (χ1n) is 4.20.